The fourth-order valence-corrected chi connectivity index (χ4v) is 1.74. The van der Waals surface area contributed by atoms with Gasteiger partial charge in [0.2, 0.25) is 0 Å². The normalized spacial score (nSPS) is 10.1. The Hall–Kier alpha value is -2.40. The summed E-state index contributed by atoms with van der Waals surface area (Å²) >= 11 is 5.80. The van der Waals surface area contributed by atoms with Crippen molar-refractivity contribution >= 4 is 28.9 Å². The second-order valence-corrected chi connectivity index (χ2v) is 4.48. The number of benzene rings is 2. The molecule has 4 N–H and O–H groups in total. The molecule has 5 nitrogen and oxygen atoms in total. The zero-order valence-corrected chi connectivity index (χ0v) is 11.4. The molecule has 6 heteroatoms. The van der Waals surface area contributed by atoms with Gasteiger partial charge in [-0.2, -0.15) is 0 Å². The first-order valence-electron chi connectivity index (χ1n) is 5.74. The fourth-order valence-electron chi connectivity index (χ4n) is 1.62. The molecule has 2 aromatic rings. The van der Waals surface area contributed by atoms with E-state index in [4.69, 9.17) is 22.1 Å². The van der Waals surface area contributed by atoms with Crippen LogP contribution in [0.4, 0.5) is 11.4 Å². The predicted octanol–water partition coefficient (Wildman–Crippen LogP) is 2.89. The van der Waals surface area contributed by atoms with Crippen LogP contribution in [0.1, 0.15) is 10.4 Å². The molecule has 0 spiro atoms. The Bertz CT molecular complexity index is 659. The van der Waals surface area contributed by atoms with Crippen LogP contribution in [0.2, 0.25) is 5.02 Å². The second kappa shape index (κ2) is 5.71. The first-order valence-corrected chi connectivity index (χ1v) is 6.12. The van der Waals surface area contributed by atoms with Gasteiger partial charge in [0, 0.05) is 11.6 Å². The van der Waals surface area contributed by atoms with Gasteiger partial charge < -0.3 is 20.9 Å². The zero-order chi connectivity index (χ0) is 14.7. The minimum absolute atomic E-state index is 0.0546. The summed E-state index contributed by atoms with van der Waals surface area (Å²) < 4.78 is 5.03. The fraction of sp³-hybridized carbons (Fsp3) is 0.0714. The molecular weight excluding hydrogens is 280 g/mol. The Labute approximate surface area is 120 Å². The third-order valence-corrected chi connectivity index (χ3v) is 3.05. The molecule has 0 bridgehead atoms. The van der Waals surface area contributed by atoms with Crippen molar-refractivity contribution in [2.24, 2.45) is 0 Å². The highest BCUT2D eigenvalue weighted by Gasteiger charge is 2.11. The molecule has 0 saturated carbocycles. The average molecular weight is 293 g/mol. The standard InChI is InChI=1S/C14H13ClN2O3/c1-20-9-3-5-13(18)12(7-9)17-14(19)8-2-4-10(15)11(16)6-8/h2-7,18H,16H2,1H3,(H,17,19). The summed E-state index contributed by atoms with van der Waals surface area (Å²) in [5, 5.41) is 12.7. The molecule has 0 atom stereocenters. The number of nitrogens with two attached hydrogens (primary N) is 1. The number of hydrogen-bond donors (Lipinski definition) is 3. The molecular formula is C14H13ClN2O3. The molecule has 0 aliphatic carbocycles. The van der Waals surface area contributed by atoms with E-state index in [9.17, 15) is 9.90 Å². The first-order chi connectivity index (χ1) is 9.51. The van der Waals surface area contributed by atoms with Crippen LogP contribution < -0.4 is 15.8 Å². The van der Waals surface area contributed by atoms with E-state index in [0.29, 0.717) is 22.0 Å². The van der Waals surface area contributed by atoms with Gasteiger partial charge in [0.15, 0.2) is 0 Å². The van der Waals surface area contributed by atoms with Gasteiger partial charge >= 0.3 is 0 Å². The number of rotatable bonds is 3. The maximum atomic E-state index is 12.1. The van der Waals surface area contributed by atoms with Crippen LogP contribution in [-0.4, -0.2) is 18.1 Å². The third-order valence-electron chi connectivity index (χ3n) is 2.71. The lowest BCUT2D eigenvalue weighted by Gasteiger charge is -2.09. The second-order valence-electron chi connectivity index (χ2n) is 4.07. The number of carbonyl (C=O) groups is 1. The van der Waals surface area contributed by atoms with E-state index in [1.54, 1.807) is 12.1 Å². The van der Waals surface area contributed by atoms with Gasteiger partial charge in [-0.1, -0.05) is 11.6 Å². The maximum absolute atomic E-state index is 12.1. The van der Waals surface area contributed by atoms with E-state index in [1.807, 2.05) is 0 Å². The van der Waals surface area contributed by atoms with Crippen molar-refractivity contribution in [1.82, 2.24) is 0 Å². The highest BCUT2D eigenvalue weighted by Crippen LogP contribution is 2.28. The number of hydrogen-bond acceptors (Lipinski definition) is 4. The number of amides is 1. The number of carbonyl (C=O) groups excluding carboxylic acids is 1. The van der Waals surface area contributed by atoms with Crippen molar-refractivity contribution in [3.8, 4) is 11.5 Å². The number of anilines is 2. The van der Waals surface area contributed by atoms with Gasteiger partial charge in [-0.3, -0.25) is 4.79 Å². The topological polar surface area (TPSA) is 84.6 Å². The molecule has 0 aliphatic rings. The van der Waals surface area contributed by atoms with E-state index >= 15 is 0 Å². The number of nitrogens with one attached hydrogen (secondary N) is 1. The van der Waals surface area contributed by atoms with Crippen LogP contribution in [0.25, 0.3) is 0 Å². The maximum Gasteiger partial charge on any atom is 0.255 e. The number of methoxy groups -OCH3 is 1. The Morgan fingerprint density at radius 3 is 2.70 bits per heavy atom. The summed E-state index contributed by atoms with van der Waals surface area (Å²) in [5.74, 6) is 0.0618. The summed E-state index contributed by atoms with van der Waals surface area (Å²) in [6, 6.07) is 9.10. The van der Waals surface area contributed by atoms with Gasteiger partial charge in [-0.05, 0) is 30.3 Å². The number of ether oxygens (including phenoxy) is 1. The van der Waals surface area contributed by atoms with Gasteiger partial charge in [-0.15, -0.1) is 0 Å². The van der Waals surface area contributed by atoms with E-state index in [2.05, 4.69) is 5.32 Å². The van der Waals surface area contributed by atoms with Crippen LogP contribution >= 0.6 is 11.6 Å². The van der Waals surface area contributed by atoms with Gasteiger partial charge in [0.05, 0.1) is 23.5 Å². The molecule has 1 amide bonds. The number of phenolic OH excluding ortho intramolecular Hbond substituents is 1. The lowest BCUT2D eigenvalue weighted by atomic mass is 10.2. The van der Waals surface area contributed by atoms with Gasteiger partial charge in [0.1, 0.15) is 11.5 Å². The van der Waals surface area contributed by atoms with E-state index in [1.165, 1.54) is 31.4 Å². The van der Waals surface area contributed by atoms with Crippen LogP contribution in [0.15, 0.2) is 36.4 Å². The van der Waals surface area contributed by atoms with Crippen LogP contribution in [0.3, 0.4) is 0 Å². The number of halogens is 1. The summed E-state index contributed by atoms with van der Waals surface area (Å²) in [6.45, 7) is 0. The summed E-state index contributed by atoms with van der Waals surface area (Å²) in [5.41, 5.74) is 6.55. The molecule has 0 radical (unpaired) electrons. The minimum atomic E-state index is -0.406. The number of nitrogen functional groups attached to an aromatic ring is 1. The molecule has 0 unspecified atom stereocenters. The Morgan fingerprint density at radius 1 is 1.30 bits per heavy atom. The highest BCUT2D eigenvalue weighted by atomic mass is 35.5. The highest BCUT2D eigenvalue weighted by molar-refractivity contribution is 6.33. The molecule has 0 heterocycles. The SMILES string of the molecule is COc1ccc(O)c(NC(=O)c2ccc(Cl)c(N)c2)c1. The van der Waals surface area contributed by atoms with Crippen molar-refractivity contribution in [2.75, 3.05) is 18.2 Å². The van der Waals surface area contributed by atoms with Crippen LogP contribution in [-0.2, 0) is 0 Å². The molecule has 0 saturated heterocycles. The van der Waals surface area contributed by atoms with E-state index in [0.717, 1.165) is 0 Å². The van der Waals surface area contributed by atoms with Crippen molar-refractivity contribution in [3.63, 3.8) is 0 Å². The van der Waals surface area contributed by atoms with E-state index < -0.39 is 5.91 Å². The van der Waals surface area contributed by atoms with E-state index in [-0.39, 0.29) is 11.4 Å². The lowest BCUT2D eigenvalue weighted by Crippen LogP contribution is -2.12. The molecule has 0 aliphatic heterocycles. The first kappa shape index (κ1) is 14.0. The van der Waals surface area contributed by atoms with Crippen LogP contribution in [0, 0.1) is 0 Å². The lowest BCUT2D eigenvalue weighted by molar-refractivity contribution is 0.102. The number of aromatic hydroxyl groups is 1. The van der Waals surface area contributed by atoms with Crippen molar-refractivity contribution in [2.45, 2.75) is 0 Å². The number of phenols is 1. The van der Waals surface area contributed by atoms with Crippen molar-refractivity contribution in [3.05, 3.63) is 47.0 Å². The molecule has 0 fully saturated rings. The Morgan fingerprint density at radius 2 is 2.05 bits per heavy atom. The molecule has 0 aromatic heterocycles. The van der Waals surface area contributed by atoms with Crippen molar-refractivity contribution < 1.29 is 14.6 Å². The predicted molar refractivity (Wildman–Crippen MR) is 78.5 cm³/mol. The third kappa shape index (κ3) is 2.95. The van der Waals surface area contributed by atoms with Crippen molar-refractivity contribution in [1.29, 1.82) is 0 Å². The smallest absolute Gasteiger partial charge is 0.255 e. The van der Waals surface area contributed by atoms with Gasteiger partial charge in [0.25, 0.3) is 5.91 Å². The largest absolute Gasteiger partial charge is 0.506 e. The quantitative estimate of drug-likeness (QED) is 0.600. The average Bonchev–Trinajstić information content (AvgIpc) is 2.44. The molecule has 20 heavy (non-hydrogen) atoms. The minimum Gasteiger partial charge on any atom is -0.506 e. The molecule has 104 valence electrons. The zero-order valence-electron chi connectivity index (χ0n) is 10.7. The Balaban J connectivity index is 2.25. The molecule has 2 aromatic carbocycles. The van der Waals surface area contributed by atoms with Crippen LogP contribution in [0.5, 0.6) is 11.5 Å². The molecule has 2 rings (SSSR count). The Kier molecular flexibility index (Phi) is 4.00. The summed E-state index contributed by atoms with van der Waals surface area (Å²) in [4.78, 5) is 12.1. The summed E-state index contributed by atoms with van der Waals surface area (Å²) in [6.07, 6.45) is 0. The monoisotopic (exact) mass is 292 g/mol. The van der Waals surface area contributed by atoms with Gasteiger partial charge in [-0.25, -0.2) is 0 Å². The summed E-state index contributed by atoms with van der Waals surface area (Å²) in [7, 11) is 1.50.